The Balaban J connectivity index is 0.950. The Bertz CT molecular complexity index is 3250. The third-order valence-corrected chi connectivity index (χ3v) is 11.8. The molecule has 0 N–H and O–H groups in total. The molecule has 4 heterocycles. The van der Waals surface area contributed by atoms with Crippen LogP contribution in [-0.2, 0) is 0 Å². The van der Waals surface area contributed by atoms with Crippen LogP contribution in [0.1, 0.15) is 0 Å². The summed E-state index contributed by atoms with van der Waals surface area (Å²) in [5.41, 5.74) is 13.4. The van der Waals surface area contributed by atoms with Crippen molar-refractivity contribution in [3.8, 4) is 45.3 Å². The van der Waals surface area contributed by atoms with E-state index in [4.69, 9.17) is 18.3 Å². The maximum atomic E-state index is 6.73. The monoisotopic (exact) mass is 772 g/mol. The number of benzene rings is 9. The number of rotatable bonds is 4. The van der Waals surface area contributed by atoms with Crippen molar-refractivity contribution in [3.63, 3.8) is 0 Å². The van der Waals surface area contributed by atoms with E-state index in [1.54, 1.807) is 0 Å². The summed E-state index contributed by atoms with van der Waals surface area (Å²) in [6.07, 6.45) is 0. The Morgan fingerprint density at radius 2 is 0.617 bits per heavy atom. The maximum Gasteiger partial charge on any atom is 0.152 e. The van der Waals surface area contributed by atoms with Crippen LogP contribution in [0.15, 0.2) is 203 Å². The highest BCUT2D eigenvalue weighted by atomic mass is 16.5. The van der Waals surface area contributed by atoms with Crippen LogP contribution >= 0.6 is 0 Å². The van der Waals surface area contributed by atoms with Gasteiger partial charge in [-0.2, -0.15) is 0 Å². The van der Waals surface area contributed by atoms with Gasteiger partial charge in [-0.1, -0.05) is 109 Å². The number of fused-ring (bicyclic) bond motifs is 10. The van der Waals surface area contributed by atoms with Gasteiger partial charge in [0.2, 0.25) is 0 Å². The van der Waals surface area contributed by atoms with Crippen LogP contribution in [0, 0.1) is 0 Å². The summed E-state index contributed by atoms with van der Waals surface area (Å²) in [5, 5.41) is 3.80. The average Bonchev–Trinajstić information content (AvgIpc) is 3.84. The van der Waals surface area contributed by atoms with Crippen molar-refractivity contribution in [2.24, 2.45) is 0 Å². The first kappa shape index (κ1) is 32.8. The summed E-state index contributed by atoms with van der Waals surface area (Å²) >= 11 is 0. The average molecular weight is 773 g/mol. The molecule has 0 spiro atoms. The number of hydrogen-bond donors (Lipinski definition) is 0. The summed E-state index contributed by atoms with van der Waals surface area (Å²) in [6, 6.07) is 67.0. The van der Waals surface area contributed by atoms with Gasteiger partial charge < -0.3 is 28.1 Å². The van der Waals surface area contributed by atoms with Crippen LogP contribution in [0.5, 0.6) is 23.0 Å². The molecule has 0 saturated carbocycles. The third-order valence-electron chi connectivity index (χ3n) is 11.8. The van der Waals surface area contributed by atoms with Crippen molar-refractivity contribution in [3.05, 3.63) is 194 Å². The second-order valence-corrected chi connectivity index (χ2v) is 15.3. The van der Waals surface area contributed by atoms with E-state index in [0.717, 1.165) is 123 Å². The molecule has 11 aromatic rings. The fourth-order valence-corrected chi connectivity index (χ4v) is 8.97. The summed E-state index contributed by atoms with van der Waals surface area (Å²) < 4.78 is 26.9. The number of furan rings is 2. The topological polar surface area (TPSA) is 51.2 Å². The third kappa shape index (κ3) is 5.01. The highest BCUT2D eigenvalue weighted by molar-refractivity contribution is 6.16. The molecule has 282 valence electrons. The molecule has 6 nitrogen and oxygen atoms in total. The van der Waals surface area contributed by atoms with E-state index in [1.165, 1.54) is 0 Å². The second kappa shape index (κ2) is 12.6. The lowest BCUT2D eigenvalue weighted by atomic mass is 10.0. The van der Waals surface area contributed by atoms with Crippen LogP contribution in [0.3, 0.4) is 0 Å². The van der Waals surface area contributed by atoms with Gasteiger partial charge in [0.25, 0.3) is 0 Å². The van der Waals surface area contributed by atoms with E-state index < -0.39 is 0 Å². The smallest absolute Gasteiger partial charge is 0.152 e. The van der Waals surface area contributed by atoms with Gasteiger partial charge in [0.15, 0.2) is 23.0 Å². The molecule has 13 rings (SSSR count). The molecule has 0 amide bonds. The lowest BCUT2D eigenvalue weighted by Crippen LogP contribution is -2.15. The molecule has 0 saturated heterocycles. The maximum absolute atomic E-state index is 6.73. The zero-order valence-electron chi connectivity index (χ0n) is 32.0. The fourth-order valence-electron chi connectivity index (χ4n) is 8.97. The van der Waals surface area contributed by atoms with E-state index in [0.29, 0.717) is 0 Å². The molecule has 2 aliphatic heterocycles. The molecule has 0 radical (unpaired) electrons. The molecular weight excluding hydrogens is 741 g/mol. The van der Waals surface area contributed by atoms with Crippen LogP contribution in [0.2, 0.25) is 0 Å². The molecule has 2 aliphatic rings. The number of nitrogens with zero attached hydrogens (tertiary/aromatic N) is 2. The van der Waals surface area contributed by atoms with Crippen LogP contribution in [0.4, 0.5) is 34.1 Å². The van der Waals surface area contributed by atoms with Gasteiger partial charge in [-0.15, -0.1) is 0 Å². The normalized spacial score (nSPS) is 12.9. The Hall–Kier alpha value is -8.22. The largest absolute Gasteiger partial charge is 0.456 e. The van der Waals surface area contributed by atoms with E-state index in [2.05, 4.69) is 180 Å². The zero-order valence-corrected chi connectivity index (χ0v) is 32.0. The number of hydrogen-bond acceptors (Lipinski definition) is 6. The Morgan fingerprint density at radius 3 is 1.03 bits per heavy atom. The van der Waals surface area contributed by atoms with Gasteiger partial charge in [-0.3, -0.25) is 0 Å². The first-order valence-corrected chi connectivity index (χ1v) is 20.1. The van der Waals surface area contributed by atoms with Crippen molar-refractivity contribution >= 4 is 78.0 Å². The minimum atomic E-state index is 0.750. The summed E-state index contributed by atoms with van der Waals surface area (Å²) in [5.74, 6) is 3.07. The van der Waals surface area contributed by atoms with Gasteiger partial charge in [-0.05, 0) is 95.1 Å². The molecule has 9 aromatic carbocycles. The highest BCUT2D eigenvalue weighted by Gasteiger charge is 2.30. The fraction of sp³-hybridized carbons (Fsp3) is 0. The predicted octanol–water partition coefficient (Wildman–Crippen LogP) is 16.0. The van der Waals surface area contributed by atoms with E-state index >= 15 is 0 Å². The Labute approximate surface area is 344 Å². The summed E-state index contributed by atoms with van der Waals surface area (Å²) in [7, 11) is 0. The number of ether oxygens (including phenoxy) is 2. The minimum Gasteiger partial charge on any atom is -0.456 e. The molecule has 2 aromatic heterocycles. The molecular formula is C54H32N2O4. The SMILES string of the molecule is c1ccc(-c2ccc3c(c2)N(c2ccccc2)c2cc4oc5cc6c(cc5c4cc2O3)oc2cc3c(cc26)Oc2ccc(-c4ccccc4)cc2N3c2ccccc2)cc1. The van der Waals surface area contributed by atoms with Crippen LogP contribution in [-0.4, -0.2) is 0 Å². The first-order chi connectivity index (χ1) is 29.7. The summed E-state index contributed by atoms with van der Waals surface area (Å²) in [6.45, 7) is 0. The van der Waals surface area contributed by atoms with Gasteiger partial charge in [0, 0.05) is 45.1 Å². The molecule has 0 atom stereocenters. The predicted molar refractivity (Wildman–Crippen MR) is 241 cm³/mol. The molecule has 6 heteroatoms. The van der Waals surface area contributed by atoms with Crippen LogP contribution < -0.4 is 19.3 Å². The second-order valence-electron chi connectivity index (χ2n) is 15.3. The van der Waals surface area contributed by atoms with Gasteiger partial charge in [0.1, 0.15) is 22.3 Å². The molecule has 0 bridgehead atoms. The Morgan fingerprint density at radius 1 is 0.267 bits per heavy atom. The highest BCUT2D eigenvalue weighted by Crippen LogP contribution is 2.55. The van der Waals surface area contributed by atoms with E-state index in [-0.39, 0.29) is 0 Å². The van der Waals surface area contributed by atoms with Crippen LogP contribution in [0.25, 0.3) is 66.1 Å². The molecule has 0 unspecified atom stereocenters. The van der Waals surface area contributed by atoms with Crippen molar-refractivity contribution in [2.75, 3.05) is 9.80 Å². The quantitative estimate of drug-likeness (QED) is 0.178. The molecule has 0 aliphatic carbocycles. The lowest BCUT2D eigenvalue weighted by molar-refractivity contribution is 0.477. The first-order valence-electron chi connectivity index (χ1n) is 20.1. The Kier molecular flexibility index (Phi) is 6.91. The standard InChI is InChI=1S/C54H32N2O4/c1-5-13-33(14-6-1)35-21-23-47-43(25-35)55(37-17-9-3-10-18-37)45-31-51-41(29-53(45)57-47)39-27-50-40(28-49(39)59-51)42-30-54-46(32-52(42)60-50)56(38-19-11-4-12-20-38)44-26-36(22-24-48(44)58-54)34-15-7-2-8-16-34/h1-32H. The summed E-state index contributed by atoms with van der Waals surface area (Å²) in [4.78, 5) is 4.52. The number of para-hydroxylation sites is 2. The van der Waals surface area contributed by atoms with Crippen molar-refractivity contribution in [2.45, 2.75) is 0 Å². The number of anilines is 6. The minimum absolute atomic E-state index is 0.750. The van der Waals surface area contributed by atoms with Crippen molar-refractivity contribution in [1.29, 1.82) is 0 Å². The zero-order chi connectivity index (χ0) is 39.3. The molecule has 0 fully saturated rings. The van der Waals surface area contributed by atoms with Gasteiger partial charge in [-0.25, -0.2) is 0 Å². The van der Waals surface area contributed by atoms with Gasteiger partial charge in [0.05, 0.1) is 22.7 Å². The molecule has 60 heavy (non-hydrogen) atoms. The van der Waals surface area contributed by atoms with Gasteiger partial charge >= 0.3 is 0 Å². The van der Waals surface area contributed by atoms with E-state index in [1.807, 2.05) is 24.3 Å². The lowest BCUT2D eigenvalue weighted by Gasteiger charge is -2.33. The van der Waals surface area contributed by atoms with Crippen molar-refractivity contribution < 1.29 is 18.3 Å². The van der Waals surface area contributed by atoms with E-state index in [9.17, 15) is 0 Å². The van der Waals surface area contributed by atoms with Crippen molar-refractivity contribution in [1.82, 2.24) is 0 Å².